The lowest BCUT2D eigenvalue weighted by atomic mass is 9.97. The van der Waals surface area contributed by atoms with Gasteiger partial charge in [0.15, 0.2) is 0 Å². The van der Waals surface area contributed by atoms with Crippen LogP contribution in [0.3, 0.4) is 0 Å². The number of ether oxygens (including phenoxy) is 1. The second-order valence-corrected chi connectivity index (χ2v) is 6.39. The summed E-state index contributed by atoms with van der Waals surface area (Å²) in [7, 11) is 1.77. The van der Waals surface area contributed by atoms with E-state index in [-0.39, 0.29) is 0 Å². The topological polar surface area (TPSA) is 9.23 Å². The molecule has 2 aromatic carbocycles. The van der Waals surface area contributed by atoms with E-state index in [0.29, 0.717) is 5.92 Å². The zero-order valence-corrected chi connectivity index (χ0v) is 14.4. The average Bonchev–Trinajstić information content (AvgIpc) is 2.75. The molecule has 0 spiro atoms. The highest BCUT2D eigenvalue weighted by atomic mass is 16.5. The van der Waals surface area contributed by atoms with Crippen LogP contribution in [0.2, 0.25) is 0 Å². The van der Waals surface area contributed by atoms with Gasteiger partial charge in [-0.3, -0.25) is 0 Å². The summed E-state index contributed by atoms with van der Waals surface area (Å²) in [6, 6.07) is 21.0. The monoisotopic (exact) mass is 316 g/mol. The SMILES string of the molecule is COC1=CC(C)C/C(=C\c2ccccc2)C/C1=C\c1ccccc1. The molecule has 0 radical (unpaired) electrons. The summed E-state index contributed by atoms with van der Waals surface area (Å²) >= 11 is 0. The lowest BCUT2D eigenvalue weighted by molar-refractivity contribution is 0.297. The molecule has 1 aliphatic carbocycles. The van der Waals surface area contributed by atoms with Crippen LogP contribution in [0.25, 0.3) is 12.2 Å². The van der Waals surface area contributed by atoms with E-state index in [4.69, 9.17) is 4.74 Å². The molecule has 24 heavy (non-hydrogen) atoms. The highest BCUT2D eigenvalue weighted by Gasteiger charge is 2.17. The van der Waals surface area contributed by atoms with E-state index >= 15 is 0 Å². The number of benzene rings is 2. The molecule has 1 aliphatic rings. The zero-order valence-electron chi connectivity index (χ0n) is 14.4. The minimum atomic E-state index is 0.469. The molecule has 0 bridgehead atoms. The van der Waals surface area contributed by atoms with E-state index in [1.807, 2.05) is 6.07 Å². The molecule has 0 aromatic heterocycles. The molecule has 2 aromatic rings. The van der Waals surface area contributed by atoms with Gasteiger partial charge in [0.2, 0.25) is 0 Å². The van der Waals surface area contributed by atoms with Gasteiger partial charge in [-0.05, 0) is 47.6 Å². The molecule has 1 unspecified atom stereocenters. The van der Waals surface area contributed by atoms with Crippen molar-refractivity contribution in [2.75, 3.05) is 7.11 Å². The van der Waals surface area contributed by atoms with Crippen molar-refractivity contribution < 1.29 is 4.74 Å². The standard InChI is InChI=1S/C23H24O/c1-18-13-21(15-19-9-5-3-6-10-19)17-22(23(14-18)24-2)16-20-11-7-4-8-12-20/h3-12,14-16,18H,13,17H2,1-2H3/b21-15+,22-16+. The normalized spacial score (nSPS) is 21.4. The first kappa shape index (κ1) is 16.3. The zero-order chi connectivity index (χ0) is 16.8. The summed E-state index contributed by atoms with van der Waals surface area (Å²) in [6.07, 6.45) is 8.80. The van der Waals surface area contributed by atoms with Gasteiger partial charge in [-0.1, -0.05) is 79.2 Å². The van der Waals surface area contributed by atoms with Crippen molar-refractivity contribution in [2.45, 2.75) is 19.8 Å². The van der Waals surface area contributed by atoms with Gasteiger partial charge < -0.3 is 4.74 Å². The van der Waals surface area contributed by atoms with Crippen molar-refractivity contribution in [3.8, 4) is 0 Å². The Labute approximate surface area is 145 Å². The molecular weight excluding hydrogens is 292 g/mol. The summed E-state index contributed by atoms with van der Waals surface area (Å²) in [4.78, 5) is 0. The third kappa shape index (κ3) is 4.26. The smallest absolute Gasteiger partial charge is 0.118 e. The highest BCUT2D eigenvalue weighted by molar-refractivity contribution is 5.61. The predicted molar refractivity (Wildman–Crippen MR) is 102 cm³/mol. The molecule has 0 amide bonds. The van der Waals surface area contributed by atoms with Gasteiger partial charge in [-0.2, -0.15) is 0 Å². The molecule has 1 atom stereocenters. The van der Waals surface area contributed by atoms with Crippen molar-refractivity contribution in [3.63, 3.8) is 0 Å². The van der Waals surface area contributed by atoms with Crippen LogP contribution in [-0.2, 0) is 4.74 Å². The molecule has 122 valence electrons. The maximum Gasteiger partial charge on any atom is 0.118 e. The van der Waals surface area contributed by atoms with Crippen LogP contribution in [0.4, 0.5) is 0 Å². The van der Waals surface area contributed by atoms with E-state index < -0.39 is 0 Å². The van der Waals surface area contributed by atoms with E-state index in [1.165, 1.54) is 22.3 Å². The Bertz CT molecular complexity index is 751. The number of allylic oxidation sites excluding steroid dienone is 3. The van der Waals surface area contributed by atoms with Gasteiger partial charge in [0, 0.05) is 0 Å². The molecule has 1 nitrogen and oxygen atoms in total. The van der Waals surface area contributed by atoms with Gasteiger partial charge in [0.25, 0.3) is 0 Å². The second kappa shape index (κ2) is 7.83. The number of rotatable bonds is 3. The Morgan fingerprint density at radius 3 is 2.04 bits per heavy atom. The first-order valence-corrected chi connectivity index (χ1v) is 8.51. The summed E-state index contributed by atoms with van der Waals surface area (Å²) in [5, 5.41) is 0. The fraction of sp³-hybridized carbons (Fsp3) is 0.217. The molecule has 0 N–H and O–H groups in total. The summed E-state index contributed by atoms with van der Waals surface area (Å²) < 4.78 is 5.69. The second-order valence-electron chi connectivity index (χ2n) is 6.39. The maximum atomic E-state index is 5.69. The lowest BCUT2D eigenvalue weighted by Gasteiger charge is -2.11. The van der Waals surface area contributed by atoms with Crippen LogP contribution in [-0.4, -0.2) is 7.11 Å². The minimum absolute atomic E-state index is 0.469. The lowest BCUT2D eigenvalue weighted by Crippen LogP contribution is -1.93. The largest absolute Gasteiger partial charge is 0.497 e. The number of methoxy groups -OCH3 is 1. The third-order valence-corrected chi connectivity index (χ3v) is 4.28. The first-order valence-electron chi connectivity index (χ1n) is 8.51. The van der Waals surface area contributed by atoms with Crippen LogP contribution in [0.1, 0.15) is 30.9 Å². The van der Waals surface area contributed by atoms with Gasteiger partial charge in [0.1, 0.15) is 5.76 Å². The molecule has 0 aliphatic heterocycles. The Balaban J connectivity index is 1.96. The summed E-state index contributed by atoms with van der Waals surface area (Å²) in [6.45, 7) is 2.25. The fourth-order valence-corrected chi connectivity index (χ4v) is 3.21. The highest BCUT2D eigenvalue weighted by Crippen LogP contribution is 2.33. The summed E-state index contributed by atoms with van der Waals surface area (Å²) in [5.41, 5.74) is 5.16. The Hall–Kier alpha value is -2.54. The van der Waals surface area contributed by atoms with Crippen LogP contribution in [0, 0.1) is 5.92 Å². The van der Waals surface area contributed by atoms with Crippen molar-refractivity contribution in [1.82, 2.24) is 0 Å². The van der Waals surface area contributed by atoms with E-state index in [1.54, 1.807) is 7.11 Å². The Morgan fingerprint density at radius 1 is 0.875 bits per heavy atom. The molecular formula is C23H24O. The molecule has 0 fully saturated rings. The summed E-state index contributed by atoms with van der Waals surface area (Å²) in [5.74, 6) is 1.47. The molecule has 3 rings (SSSR count). The van der Waals surface area contributed by atoms with E-state index in [2.05, 4.69) is 79.7 Å². The number of hydrogen-bond donors (Lipinski definition) is 0. The molecule has 0 heterocycles. The minimum Gasteiger partial charge on any atom is -0.497 e. The first-order chi connectivity index (χ1) is 11.7. The average molecular weight is 316 g/mol. The maximum absolute atomic E-state index is 5.69. The predicted octanol–water partition coefficient (Wildman–Crippen LogP) is 6.11. The third-order valence-electron chi connectivity index (χ3n) is 4.28. The quantitative estimate of drug-likeness (QED) is 0.663. The van der Waals surface area contributed by atoms with Crippen LogP contribution < -0.4 is 0 Å². The van der Waals surface area contributed by atoms with Crippen molar-refractivity contribution >= 4 is 12.2 Å². The van der Waals surface area contributed by atoms with Gasteiger partial charge in [-0.25, -0.2) is 0 Å². The Morgan fingerprint density at radius 2 is 1.46 bits per heavy atom. The molecule has 0 saturated carbocycles. The van der Waals surface area contributed by atoms with Crippen molar-refractivity contribution in [1.29, 1.82) is 0 Å². The van der Waals surface area contributed by atoms with Gasteiger partial charge >= 0.3 is 0 Å². The van der Waals surface area contributed by atoms with Crippen molar-refractivity contribution in [3.05, 3.63) is 94.8 Å². The van der Waals surface area contributed by atoms with Gasteiger partial charge in [0.05, 0.1) is 7.11 Å². The molecule has 0 saturated heterocycles. The number of hydrogen-bond acceptors (Lipinski definition) is 1. The van der Waals surface area contributed by atoms with Gasteiger partial charge in [-0.15, -0.1) is 0 Å². The fourth-order valence-electron chi connectivity index (χ4n) is 3.21. The van der Waals surface area contributed by atoms with Crippen LogP contribution in [0.15, 0.2) is 83.6 Å². The molecule has 1 heteroatoms. The van der Waals surface area contributed by atoms with Crippen LogP contribution >= 0.6 is 0 Å². The Kier molecular flexibility index (Phi) is 5.32. The van der Waals surface area contributed by atoms with Crippen LogP contribution in [0.5, 0.6) is 0 Å². The van der Waals surface area contributed by atoms with E-state index in [9.17, 15) is 0 Å². The van der Waals surface area contributed by atoms with Crippen molar-refractivity contribution in [2.24, 2.45) is 5.92 Å². The van der Waals surface area contributed by atoms with E-state index in [0.717, 1.165) is 18.6 Å².